The highest BCUT2D eigenvalue weighted by molar-refractivity contribution is 5.67. The van der Waals surface area contributed by atoms with E-state index < -0.39 is 5.97 Å². The molecule has 1 rings (SSSR count). The van der Waals surface area contributed by atoms with Gasteiger partial charge in [0.2, 0.25) is 0 Å². The number of carbonyl (C=O) groups is 2. The van der Waals surface area contributed by atoms with Crippen LogP contribution in [0.1, 0.15) is 30.9 Å². The lowest BCUT2D eigenvalue weighted by Gasteiger charge is -2.18. The molecule has 0 saturated carbocycles. The van der Waals surface area contributed by atoms with Gasteiger partial charge in [0.25, 0.3) is 0 Å². The van der Waals surface area contributed by atoms with Crippen LogP contribution in [-0.2, 0) is 22.6 Å². The highest BCUT2D eigenvalue weighted by atomic mass is 16.4. The van der Waals surface area contributed by atoms with Crippen LogP contribution >= 0.6 is 0 Å². The van der Waals surface area contributed by atoms with Crippen LogP contribution in [0.2, 0.25) is 0 Å². The fourth-order valence-corrected chi connectivity index (χ4v) is 2.03. The third-order valence-corrected chi connectivity index (χ3v) is 3.35. The molecule has 0 aliphatic heterocycles. The molecule has 1 aromatic rings. The van der Waals surface area contributed by atoms with E-state index >= 15 is 0 Å². The van der Waals surface area contributed by atoms with Gasteiger partial charge in [-0.2, -0.15) is 0 Å². The van der Waals surface area contributed by atoms with E-state index in [9.17, 15) is 9.59 Å². The molecule has 0 heterocycles. The van der Waals surface area contributed by atoms with E-state index in [1.165, 1.54) is 0 Å². The molecule has 0 amide bonds. The number of aryl methyl sites for hydroxylation is 1. The maximum atomic E-state index is 10.7. The van der Waals surface area contributed by atoms with Crippen molar-refractivity contribution in [3.8, 4) is 0 Å². The third-order valence-electron chi connectivity index (χ3n) is 3.35. The van der Waals surface area contributed by atoms with Gasteiger partial charge < -0.3 is 20.1 Å². The van der Waals surface area contributed by atoms with Gasteiger partial charge in [0.05, 0.1) is 0 Å². The lowest BCUT2D eigenvalue weighted by molar-refractivity contribution is -0.136. The predicted octanol–water partition coefficient (Wildman–Crippen LogP) is 2.16. The maximum absolute atomic E-state index is 10.7. The Morgan fingerprint density at radius 2 is 2.19 bits per heavy atom. The van der Waals surface area contributed by atoms with E-state index in [1.54, 1.807) is 0 Å². The van der Waals surface area contributed by atoms with Crippen LogP contribution in [0.5, 0.6) is 0 Å². The molecule has 1 aromatic carbocycles. The van der Waals surface area contributed by atoms with Crippen LogP contribution in [0, 0.1) is 0 Å². The van der Waals surface area contributed by atoms with Crippen molar-refractivity contribution in [2.75, 3.05) is 25.5 Å². The fraction of sp³-hybridized carbons (Fsp3) is 0.500. The fourth-order valence-electron chi connectivity index (χ4n) is 2.03. The molecule has 0 unspecified atom stereocenters. The summed E-state index contributed by atoms with van der Waals surface area (Å²) in [5.41, 5.74) is 3.17. The van der Waals surface area contributed by atoms with E-state index in [0.29, 0.717) is 19.4 Å². The zero-order chi connectivity index (χ0) is 15.7. The second kappa shape index (κ2) is 9.13. The standard InChI is InChI=1S/C16H24N2O3/c1-3-18(2)12-14-11-13(6-8-16(20)21)5-7-15(14)17-9-4-10-19/h5,7,10-11,17H,3-4,6,8-9,12H2,1-2H3,(H,20,21). The lowest BCUT2D eigenvalue weighted by Crippen LogP contribution is -2.18. The minimum atomic E-state index is -0.782. The number of aldehydes is 1. The van der Waals surface area contributed by atoms with E-state index in [4.69, 9.17) is 5.11 Å². The molecule has 0 radical (unpaired) electrons. The number of hydrogen-bond donors (Lipinski definition) is 2. The zero-order valence-corrected chi connectivity index (χ0v) is 12.8. The molecule has 2 N–H and O–H groups in total. The molecule has 0 aromatic heterocycles. The van der Waals surface area contributed by atoms with Crippen molar-refractivity contribution < 1.29 is 14.7 Å². The molecule has 0 aliphatic rings. The highest BCUT2D eigenvalue weighted by Crippen LogP contribution is 2.20. The Morgan fingerprint density at radius 1 is 1.43 bits per heavy atom. The Balaban J connectivity index is 2.84. The summed E-state index contributed by atoms with van der Waals surface area (Å²) >= 11 is 0. The summed E-state index contributed by atoms with van der Waals surface area (Å²) in [6.45, 7) is 4.43. The molecular formula is C16H24N2O3. The summed E-state index contributed by atoms with van der Waals surface area (Å²) in [6, 6.07) is 5.97. The molecule has 5 heteroatoms. The number of nitrogens with zero attached hydrogens (tertiary/aromatic N) is 1. The highest BCUT2D eigenvalue weighted by Gasteiger charge is 2.07. The first-order chi connectivity index (χ1) is 10.1. The van der Waals surface area contributed by atoms with Gasteiger partial charge in [0, 0.05) is 31.6 Å². The summed E-state index contributed by atoms with van der Waals surface area (Å²) in [5.74, 6) is -0.782. The van der Waals surface area contributed by atoms with Gasteiger partial charge in [0.15, 0.2) is 0 Å². The number of aliphatic carboxylic acids is 1. The van der Waals surface area contributed by atoms with E-state index in [0.717, 1.165) is 36.2 Å². The van der Waals surface area contributed by atoms with Crippen LogP contribution in [0.4, 0.5) is 5.69 Å². The van der Waals surface area contributed by atoms with Crippen molar-refractivity contribution in [1.29, 1.82) is 0 Å². The number of carboxylic acid groups (broad SMARTS) is 1. The lowest BCUT2D eigenvalue weighted by atomic mass is 10.0. The summed E-state index contributed by atoms with van der Waals surface area (Å²) in [7, 11) is 2.04. The van der Waals surface area contributed by atoms with Crippen LogP contribution < -0.4 is 5.32 Å². The van der Waals surface area contributed by atoms with E-state index in [2.05, 4.69) is 23.2 Å². The van der Waals surface area contributed by atoms with Gasteiger partial charge in [-0.1, -0.05) is 19.1 Å². The van der Waals surface area contributed by atoms with Crippen molar-refractivity contribution in [2.24, 2.45) is 0 Å². The molecular weight excluding hydrogens is 268 g/mol. The van der Waals surface area contributed by atoms with Crippen LogP contribution in [0.25, 0.3) is 0 Å². The predicted molar refractivity (Wildman–Crippen MR) is 83.6 cm³/mol. The van der Waals surface area contributed by atoms with Gasteiger partial charge in [-0.3, -0.25) is 4.79 Å². The van der Waals surface area contributed by atoms with Crippen LogP contribution in [0.3, 0.4) is 0 Å². The van der Waals surface area contributed by atoms with Crippen molar-refractivity contribution in [3.05, 3.63) is 29.3 Å². The molecule has 21 heavy (non-hydrogen) atoms. The SMILES string of the molecule is CCN(C)Cc1cc(CCC(=O)O)ccc1NCCC=O. The topological polar surface area (TPSA) is 69.6 Å². The minimum absolute atomic E-state index is 0.140. The molecule has 0 spiro atoms. The zero-order valence-electron chi connectivity index (χ0n) is 12.8. The molecule has 116 valence electrons. The number of nitrogens with one attached hydrogen (secondary N) is 1. The average Bonchev–Trinajstić information content (AvgIpc) is 2.47. The first-order valence-electron chi connectivity index (χ1n) is 7.26. The molecule has 0 bridgehead atoms. The van der Waals surface area contributed by atoms with Gasteiger partial charge in [-0.25, -0.2) is 0 Å². The van der Waals surface area contributed by atoms with Crippen LogP contribution in [0.15, 0.2) is 18.2 Å². The second-order valence-corrected chi connectivity index (χ2v) is 5.10. The first-order valence-corrected chi connectivity index (χ1v) is 7.26. The quantitative estimate of drug-likeness (QED) is 0.511. The Bertz CT molecular complexity index is 475. The first kappa shape index (κ1) is 17.2. The number of carboxylic acids is 1. The molecule has 0 fully saturated rings. The number of anilines is 1. The summed E-state index contributed by atoms with van der Waals surface area (Å²) in [5, 5.41) is 12.0. The Hall–Kier alpha value is -1.88. The van der Waals surface area contributed by atoms with E-state index in [-0.39, 0.29) is 6.42 Å². The molecule has 0 atom stereocenters. The van der Waals surface area contributed by atoms with Crippen LogP contribution in [-0.4, -0.2) is 42.4 Å². The Labute approximate surface area is 126 Å². The molecule has 5 nitrogen and oxygen atoms in total. The second-order valence-electron chi connectivity index (χ2n) is 5.10. The molecule has 0 aliphatic carbocycles. The van der Waals surface area contributed by atoms with E-state index in [1.807, 2.05) is 19.2 Å². The van der Waals surface area contributed by atoms with Gasteiger partial charge >= 0.3 is 5.97 Å². The van der Waals surface area contributed by atoms with Gasteiger partial charge in [-0.05, 0) is 37.2 Å². The maximum Gasteiger partial charge on any atom is 0.303 e. The third kappa shape index (κ3) is 6.40. The average molecular weight is 292 g/mol. The van der Waals surface area contributed by atoms with Crippen molar-refractivity contribution in [3.63, 3.8) is 0 Å². The summed E-state index contributed by atoms with van der Waals surface area (Å²) < 4.78 is 0. The minimum Gasteiger partial charge on any atom is -0.481 e. The number of rotatable bonds is 10. The van der Waals surface area contributed by atoms with Gasteiger partial charge in [0.1, 0.15) is 6.29 Å². The largest absolute Gasteiger partial charge is 0.481 e. The number of benzene rings is 1. The van der Waals surface area contributed by atoms with Crippen molar-refractivity contribution >= 4 is 17.9 Å². The Kier molecular flexibility index (Phi) is 7.46. The summed E-state index contributed by atoms with van der Waals surface area (Å²) in [6.07, 6.45) is 2.05. The van der Waals surface area contributed by atoms with Gasteiger partial charge in [-0.15, -0.1) is 0 Å². The Morgan fingerprint density at radius 3 is 2.81 bits per heavy atom. The summed E-state index contributed by atoms with van der Waals surface area (Å²) in [4.78, 5) is 23.3. The van der Waals surface area contributed by atoms with Crippen molar-refractivity contribution in [1.82, 2.24) is 4.90 Å². The molecule has 0 saturated heterocycles. The smallest absolute Gasteiger partial charge is 0.303 e. The number of carbonyl (C=O) groups excluding carboxylic acids is 1. The van der Waals surface area contributed by atoms with Crippen molar-refractivity contribution in [2.45, 2.75) is 32.7 Å². The monoisotopic (exact) mass is 292 g/mol. The number of hydrogen-bond acceptors (Lipinski definition) is 4. The normalized spacial score (nSPS) is 10.6.